The van der Waals surface area contributed by atoms with Crippen LogP contribution in [-0.2, 0) is 10.1 Å². The minimum Gasteiger partial charge on any atom is -0.744 e. The van der Waals surface area contributed by atoms with Crippen LogP contribution in [0.5, 0.6) is 0 Å². The third-order valence-electron chi connectivity index (χ3n) is 4.54. The van der Waals surface area contributed by atoms with Crippen LogP contribution in [0.25, 0.3) is 0 Å². The average molecular weight is 626 g/mol. The van der Waals surface area contributed by atoms with Gasteiger partial charge < -0.3 is 4.55 Å². The summed E-state index contributed by atoms with van der Waals surface area (Å²) in [5.74, 6) is 1.25. The van der Waals surface area contributed by atoms with E-state index >= 15 is 0 Å². The van der Waals surface area contributed by atoms with Gasteiger partial charge in [0.05, 0.1) is 20.0 Å². The second kappa shape index (κ2) is 12.0. The molecule has 0 saturated heterocycles. The second-order valence-electron chi connectivity index (χ2n) is 7.66. The van der Waals surface area contributed by atoms with Gasteiger partial charge in [-0.25, -0.2) is 8.42 Å². The highest BCUT2D eigenvalue weighted by atomic mass is 127. The minimum absolute atomic E-state index is 0.0273. The molecule has 0 fully saturated rings. The first-order valence-electron chi connectivity index (χ1n) is 9.83. The largest absolute Gasteiger partial charge is 0.744 e. The normalized spacial score (nSPS) is 11.4. The maximum absolute atomic E-state index is 10.6. The van der Waals surface area contributed by atoms with Gasteiger partial charge >= 0.3 is 21.2 Å². The molecule has 32 heavy (non-hydrogen) atoms. The van der Waals surface area contributed by atoms with Crippen molar-refractivity contribution in [3.8, 4) is 0 Å². The van der Waals surface area contributed by atoms with Gasteiger partial charge in [-0.1, -0.05) is 86.8 Å². The van der Waals surface area contributed by atoms with Crippen LogP contribution in [0.4, 0.5) is 0 Å². The van der Waals surface area contributed by atoms with Crippen LogP contribution < -0.4 is 21.2 Å². The van der Waals surface area contributed by atoms with Crippen molar-refractivity contribution in [2.24, 2.45) is 0 Å². The molecule has 0 unspecified atom stereocenters. The first kappa shape index (κ1) is 27.4. The lowest BCUT2D eigenvalue weighted by molar-refractivity contribution is -0.597. The summed E-state index contributed by atoms with van der Waals surface area (Å²) >= 11 is 16.4. The van der Waals surface area contributed by atoms with Gasteiger partial charge in [-0.3, -0.25) is 0 Å². The minimum atomic E-state index is -4.60. The van der Waals surface area contributed by atoms with Gasteiger partial charge in [-0.15, -0.1) is 0 Å². The molecule has 3 nitrogen and oxygen atoms in total. The Morgan fingerprint density at radius 3 is 1.41 bits per heavy atom. The summed E-state index contributed by atoms with van der Waals surface area (Å²) < 4.78 is 34.7. The van der Waals surface area contributed by atoms with E-state index in [1.165, 1.54) is 18.3 Å². The Hall–Kier alpha value is -0.830. The Morgan fingerprint density at radius 1 is 0.688 bits per heavy atom. The Balaban J connectivity index is 0.000000244. The van der Waals surface area contributed by atoms with E-state index in [1.54, 1.807) is 0 Å². The smallest absolute Gasteiger partial charge is 0.357 e. The summed E-state index contributed by atoms with van der Waals surface area (Å²) in [7, 11) is -4.60. The quantitative estimate of drug-likeness (QED) is 0.237. The highest BCUT2D eigenvalue weighted by Crippen LogP contribution is 2.31. The zero-order chi connectivity index (χ0) is 24.1. The molecule has 0 atom stereocenters. The molecule has 0 spiro atoms. The van der Waals surface area contributed by atoms with Crippen molar-refractivity contribution in [1.29, 1.82) is 0 Å². The molecule has 3 aromatic carbocycles. The third kappa shape index (κ3) is 8.19. The second-order valence-corrected chi connectivity index (χ2v) is 13.3. The summed E-state index contributed by atoms with van der Waals surface area (Å²) in [6, 6.07) is 20.4. The van der Waals surface area contributed by atoms with Crippen LogP contribution in [0.3, 0.4) is 0 Å². The van der Waals surface area contributed by atoms with Crippen molar-refractivity contribution < 1.29 is 34.2 Å². The predicted octanol–water partition coefficient (Wildman–Crippen LogP) is 4.61. The van der Waals surface area contributed by atoms with Crippen molar-refractivity contribution in [1.82, 2.24) is 0 Å². The van der Waals surface area contributed by atoms with Gasteiger partial charge in [-0.05, 0) is 59.4 Å². The predicted molar refractivity (Wildman–Crippen MR) is 128 cm³/mol. The molecule has 0 bridgehead atoms. The van der Waals surface area contributed by atoms with E-state index in [2.05, 4.69) is 76.2 Å². The van der Waals surface area contributed by atoms with Crippen LogP contribution >= 0.6 is 34.8 Å². The Kier molecular flexibility index (Phi) is 10.3. The zero-order valence-corrected chi connectivity index (χ0v) is 23.3. The van der Waals surface area contributed by atoms with E-state index in [4.69, 9.17) is 34.8 Å². The van der Waals surface area contributed by atoms with Crippen LogP contribution in [-0.4, -0.2) is 13.0 Å². The molecule has 0 aliphatic heterocycles. The van der Waals surface area contributed by atoms with Gasteiger partial charge in [0.15, 0.2) is 7.14 Å². The fraction of sp³-hybridized carbons (Fsp3) is 0.250. The van der Waals surface area contributed by atoms with Gasteiger partial charge in [-0.2, -0.15) is 0 Å². The fourth-order valence-electron chi connectivity index (χ4n) is 2.64. The molecule has 3 aromatic rings. The standard InChI is InChI=1S/C18H22I.C6H3Cl3O3S/c1-13(2)15-5-9-17(10-6-15)19-18-11-7-16(8-12-18)14(3)4;7-3-1-5(9)6(2-4(3)8)13(10,11)12/h5-14H,1-4H3;1-2H,(H,10,11,12)/q+1;/p-1. The third-order valence-corrected chi connectivity index (χ3v) is 9.24. The van der Waals surface area contributed by atoms with Crippen LogP contribution in [0.15, 0.2) is 65.6 Å². The number of halogens is 4. The molecule has 0 heterocycles. The first-order valence-corrected chi connectivity index (χ1v) is 14.5. The molecule has 0 N–H and O–H groups in total. The molecular weight excluding hydrogens is 602 g/mol. The lowest BCUT2D eigenvalue weighted by Gasteiger charge is -2.09. The molecule has 0 saturated carbocycles. The highest BCUT2D eigenvalue weighted by molar-refractivity contribution is 7.85. The van der Waals surface area contributed by atoms with Gasteiger partial charge in [0, 0.05) is 0 Å². The number of hydrogen-bond donors (Lipinski definition) is 0. The molecule has 0 radical (unpaired) electrons. The zero-order valence-electron chi connectivity index (χ0n) is 18.1. The van der Waals surface area contributed by atoms with Crippen LogP contribution in [0.1, 0.15) is 50.7 Å². The molecular formula is C24H24Cl3IO3S. The molecule has 0 aliphatic carbocycles. The lowest BCUT2D eigenvalue weighted by Crippen LogP contribution is -3.61. The molecule has 0 amide bonds. The van der Waals surface area contributed by atoms with Crippen molar-refractivity contribution in [2.45, 2.75) is 44.4 Å². The summed E-state index contributed by atoms with van der Waals surface area (Å²) in [4.78, 5) is -0.566. The van der Waals surface area contributed by atoms with E-state index in [-0.39, 0.29) is 36.3 Å². The fourth-order valence-corrected chi connectivity index (χ4v) is 6.26. The maximum atomic E-state index is 10.6. The Morgan fingerprint density at radius 2 is 1.06 bits per heavy atom. The molecule has 0 aromatic heterocycles. The molecule has 8 heteroatoms. The summed E-state index contributed by atoms with van der Waals surface area (Å²) in [6.07, 6.45) is 0. The highest BCUT2D eigenvalue weighted by Gasteiger charge is 2.16. The summed E-state index contributed by atoms with van der Waals surface area (Å²) in [5, 5.41) is -0.163. The van der Waals surface area contributed by atoms with Crippen molar-refractivity contribution in [2.75, 3.05) is 0 Å². The lowest BCUT2D eigenvalue weighted by atomic mass is 10.0. The Bertz CT molecular complexity index is 1090. The summed E-state index contributed by atoms with van der Waals surface area (Å²) in [6.45, 7) is 8.98. The van der Waals surface area contributed by atoms with Gasteiger partial charge in [0.2, 0.25) is 0 Å². The van der Waals surface area contributed by atoms with E-state index in [0.717, 1.165) is 12.1 Å². The Labute approximate surface area is 216 Å². The van der Waals surface area contributed by atoms with Crippen molar-refractivity contribution in [3.63, 3.8) is 0 Å². The van der Waals surface area contributed by atoms with Crippen molar-refractivity contribution in [3.05, 3.63) is 94.0 Å². The number of rotatable bonds is 5. The molecule has 0 aliphatic rings. The van der Waals surface area contributed by atoms with Gasteiger partial charge in [0.1, 0.15) is 10.1 Å². The monoisotopic (exact) mass is 624 g/mol. The van der Waals surface area contributed by atoms with E-state index in [0.29, 0.717) is 11.8 Å². The molecule has 172 valence electrons. The topological polar surface area (TPSA) is 57.2 Å². The SMILES string of the molecule is CC(C)c1ccc([I+]c2ccc(C(C)C)cc2)cc1.O=S(=O)([O-])c1cc(Cl)c(Cl)cc1Cl. The average Bonchev–Trinajstić information content (AvgIpc) is 2.71. The number of hydrogen-bond acceptors (Lipinski definition) is 3. The maximum Gasteiger partial charge on any atom is 0.357 e. The van der Waals surface area contributed by atoms with E-state index in [9.17, 15) is 13.0 Å². The first-order chi connectivity index (χ1) is 14.9. The van der Waals surface area contributed by atoms with Crippen molar-refractivity contribution >= 4 is 44.9 Å². The van der Waals surface area contributed by atoms with Gasteiger partial charge in [0.25, 0.3) is 0 Å². The number of benzene rings is 3. The van der Waals surface area contributed by atoms with Crippen LogP contribution in [0, 0.1) is 7.14 Å². The molecule has 3 rings (SSSR count). The summed E-state index contributed by atoms with van der Waals surface area (Å²) in [5.41, 5.74) is 2.87. The van der Waals surface area contributed by atoms with E-state index < -0.39 is 15.0 Å². The van der Waals surface area contributed by atoms with Crippen LogP contribution in [0.2, 0.25) is 15.1 Å². The van der Waals surface area contributed by atoms with E-state index in [1.807, 2.05) is 0 Å².